The second-order valence-electron chi connectivity index (χ2n) is 9.59. The number of Topliss-reactive ketones (excluding diaryl/α,β-unsaturated/α-hetero) is 1. The molecule has 0 radical (unpaired) electrons. The first kappa shape index (κ1) is 28.9. The minimum absolute atomic E-state index is 0.195. The molecule has 5 rings (SSSR count). The summed E-state index contributed by atoms with van der Waals surface area (Å²) in [6, 6.07) is 15.1. The standard InChI is InChI=1S/C32H27FN4O6/c1-17-27(19(3)38)18(2)37(22-10-6-20(33)7-11-22)32(40)28(17)30(39)35-21-8-12-23(13-9-21)43-25-14-15-34-24-16-26(41-4)31(42-5)36-29(24)25/h6-16H,1-5H3,(H,35,39). The highest BCUT2D eigenvalue weighted by molar-refractivity contribution is 6.08. The average molecular weight is 583 g/mol. The number of hydrogen-bond donors (Lipinski definition) is 1. The van der Waals surface area contributed by atoms with Crippen LogP contribution in [0.3, 0.4) is 0 Å². The molecule has 3 aromatic heterocycles. The van der Waals surface area contributed by atoms with E-state index in [0.29, 0.717) is 45.4 Å². The monoisotopic (exact) mass is 582 g/mol. The first-order valence-corrected chi connectivity index (χ1v) is 13.1. The summed E-state index contributed by atoms with van der Waals surface area (Å²) < 4.78 is 31.5. The molecule has 0 unspecified atom stereocenters. The summed E-state index contributed by atoms with van der Waals surface area (Å²) in [5.74, 6) is 0.108. The lowest BCUT2D eigenvalue weighted by atomic mass is 9.98. The molecule has 0 bridgehead atoms. The number of anilines is 1. The van der Waals surface area contributed by atoms with Gasteiger partial charge in [0, 0.05) is 41.0 Å². The highest BCUT2D eigenvalue weighted by atomic mass is 19.1. The summed E-state index contributed by atoms with van der Waals surface area (Å²) in [4.78, 5) is 48.4. The molecule has 1 N–H and O–H groups in total. The molecule has 5 aromatic rings. The van der Waals surface area contributed by atoms with E-state index in [4.69, 9.17) is 14.2 Å². The van der Waals surface area contributed by atoms with Crippen molar-refractivity contribution >= 4 is 28.4 Å². The number of pyridine rings is 3. The second kappa shape index (κ2) is 11.7. The SMILES string of the molecule is COc1cc2nccc(Oc3ccc(NC(=O)c4c(C)c(C(C)=O)c(C)n(-c5ccc(F)cc5)c4=O)cc3)c2nc1OC. The van der Waals surface area contributed by atoms with Crippen molar-refractivity contribution in [3.63, 3.8) is 0 Å². The summed E-state index contributed by atoms with van der Waals surface area (Å²) in [7, 11) is 2.99. The number of nitrogens with one attached hydrogen (secondary N) is 1. The van der Waals surface area contributed by atoms with E-state index in [9.17, 15) is 18.8 Å². The second-order valence-corrected chi connectivity index (χ2v) is 9.59. The Balaban J connectivity index is 1.45. The molecule has 11 heteroatoms. The third-order valence-electron chi connectivity index (χ3n) is 6.89. The quantitative estimate of drug-likeness (QED) is 0.228. The van der Waals surface area contributed by atoms with E-state index < -0.39 is 17.3 Å². The zero-order valence-corrected chi connectivity index (χ0v) is 24.0. The Hall–Kier alpha value is -5.58. The number of ether oxygens (including phenoxy) is 3. The molecule has 10 nitrogen and oxygen atoms in total. The van der Waals surface area contributed by atoms with Gasteiger partial charge >= 0.3 is 0 Å². The number of nitrogens with zero attached hydrogens (tertiary/aromatic N) is 3. The number of carbonyl (C=O) groups is 2. The van der Waals surface area contributed by atoms with Crippen molar-refractivity contribution in [2.75, 3.05) is 19.5 Å². The fourth-order valence-electron chi connectivity index (χ4n) is 4.93. The molecule has 0 atom stereocenters. The van der Waals surface area contributed by atoms with Crippen molar-refractivity contribution in [3.05, 3.63) is 105 Å². The van der Waals surface area contributed by atoms with Gasteiger partial charge in [-0.3, -0.25) is 23.9 Å². The van der Waals surface area contributed by atoms with Crippen LogP contribution < -0.4 is 25.1 Å². The van der Waals surface area contributed by atoms with Crippen molar-refractivity contribution in [2.45, 2.75) is 20.8 Å². The van der Waals surface area contributed by atoms with Crippen molar-refractivity contribution in [2.24, 2.45) is 0 Å². The third kappa shape index (κ3) is 5.52. The van der Waals surface area contributed by atoms with Gasteiger partial charge in [-0.15, -0.1) is 0 Å². The lowest BCUT2D eigenvalue weighted by molar-refractivity contribution is 0.101. The van der Waals surface area contributed by atoms with Crippen LogP contribution in [0.1, 0.15) is 38.9 Å². The van der Waals surface area contributed by atoms with Crippen LogP contribution in [0.25, 0.3) is 16.7 Å². The highest BCUT2D eigenvalue weighted by Crippen LogP contribution is 2.34. The van der Waals surface area contributed by atoms with Gasteiger partial charge in [0.05, 0.1) is 19.7 Å². The van der Waals surface area contributed by atoms with E-state index in [1.807, 2.05) is 0 Å². The van der Waals surface area contributed by atoms with Crippen molar-refractivity contribution < 1.29 is 28.2 Å². The molecular formula is C32H27FN4O6. The van der Waals surface area contributed by atoms with Gasteiger partial charge in [0.1, 0.15) is 22.6 Å². The fourth-order valence-corrected chi connectivity index (χ4v) is 4.93. The predicted molar refractivity (Wildman–Crippen MR) is 159 cm³/mol. The van der Waals surface area contributed by atoms with Gasteiger partial charge in [-0.2, -0.15) is 0 Å². The number of rotatable bonds is 8. The molecule has 0 fully saturated rings. The van der Waals surface area contributed by atoms with Crippen LogP contribution in [-0.2, 0) is 0 Å². The number of amides is 1. The van der Waals surface area contributed by atoms with Gasteiger partial charge in [0.15, 0.2) is 17.3 Å². The highest BCUT2D eigenvalue weighted by Gasteiger charge is 2.25. The van der Waals surface area contributed by atoms with Crippen LogP contribution in [0, 0.1) is 19.7 Å². The molecular weight excluding hydrogens is 555 g/mol. The number of aromatic nitrogens is 3. The van der Waals surface area contributed by atoms with E-state index in [2.05, 4.69) is 15.3 Å². The summed E-state index contributed by atoms with van der Waals surface area (Å²) in [6.45, 7) is 4.54. The predicted octanol–water partition coefficient (Wildman–Crippen LogP) is 5.80. The zero-order chi connectivity index (χ0) is 30.8. The fraction of sp³-hybridized carbons (Fsp3) is 0.156. The van der Waals surface area contributed by atoms with Crippen molar-refractivity contribution in [3.8, 4) is 28.8 Å². The molecule has 0 aliphatic rings. The maximum absolute atomic E-state index is 13.6. The van der Waals surface area contributed by atoms with Crippen molar-refractivity contribution in [1.82, 2.24) is 14.5 Å². The molecule has 218 valence electrons. The average Bonchev–Trinajstić information content (AvgIpc) is 2.98. The first-order chi connectivity index (χ1) is 20.6. The summed E-state index contributed by atoms with van der Waals surface area (Å²) in [5.41, 5.74) is 1.76. The summed E-state index contributed by atoms with van der Waals surface area (Å²) >= 11 is 0. The van der Waals surface area contributed by atoms with E-state index in [0.717, 1.165) is 0 Å². The lowest BCUT2D eigenvalue weighted by Crippen LogP contribution is -2.33. The number of hydrogen-bond acceptors (Lipinski definition) is 8. The first-order valence-electron chi connectivity index (χ1n) is 13.1. The zero-order valence-electron chi connectivity index (χ0n) is 24.0. The number of fused-ring (bicyclic) bond motifs is 1. The number of benzene rings is 2. The van der Waals surface area contributed by atoms with Crippen LogP contribution in [0.2, 0.25) is 0 Å². The van der Waals surface area contributed by atoms with Crippen LogP contribution in [-0.4, -0.2) is 40.4 Å². The Labute approximate surface area is 245 Å². The van der Waals surface area contributed by atoms with E-state index in [1.165, 1.54) is 50.0 Å². The normalized spacial score (nSPS) is 10.8. The molecule has 0 aliphatic heterocycles. The minimum atomic E-state index is -0.695. The van der Waals surface area contributed by atoms with Crippen LogP contribution in [0.4, 0.5) is 10.1 Å². The number of methoxy groups -OCH3 is 2. The van der Waals surface area contributed by atoms with Crippen LogP contribution in [0.15, 0.2) is 71.7 Å². The Morgan fingerprint density at radius 2 is 1.60 bits per heavy atom. The Morgan fingerprint density at radius 3 is 2.23 bits per heavy atom. The molecule has 0 aliphatic carbocycles. The van der Waals surface area contributed by atoms with E-state index >= 15 is 0 Å². The Bertz CT molecular complexity index is 1940. The minimum Gasteiger partial charge on any atom is -0.491 e. The van der Waals surface area contributed by atoms with E-state index in [-0.39, 0.29) is 28.4 Å². The molecule has 0 saturated heterocycles. The van der Waals surface area contributed by atoms with Crippen molar-refractivity contribution in [1.29, 1.82) is 0 Å². The number of ketones is 1. The van der Waals surface area contributed by atoms with Crippen LogP contribution >= 0.6 is 0 Å². The molecule has 3 heterocycles. The van der Waals surface area contributed by atoms with E-state index in [1.54, 1.807) is 56.4 Å². The number of carbonyl (C=O) groups excluding carboxylic acids is 2. The van der Waals surface area contributed by atoms with Gasteiger partial charge < -0.3 is 19.5 Å². The maximum atomic E-state index is 13.6. The number of halogens is 1. The maximum Gasteiger partial charge on any atom is 0.268 e. The lowest BCUT2D eigenvalue weighted by Gasteiger charge is -2.18. The molecule has 43 heavy (non-hydrogen) atoms. The van der Waals surface area contributed by atoms with Gasteiger partial charge in [0.25, 0.3) is 17.3 Å². The molecule has 0 saturated carbocycles. The van der Waals surface area contributed by atoms with Gasteiger partial charge in [-0.05, 0) is 74.9 Å². The Kier molecular flexibility index (Phi) is 7.89. The Morgan fingerprint density at radius 1 is 0.907 bits per heavy atom. The summed E-state index contributed by atoms with van der Waals surface area (Å²) in [6.07, 6.45) is 1.58. The topological polar surface area (TPSA) is 122 Å². The molecule has 0 spiro atoms. The molecule has 1 amide bonds. The van der Waals surface area contributed by atoms with Gasteiger partial charge in [0.2, 0.25) is 0 Å². The van der Waals surface area contributed by atoms with Crippen LogP contribution in [0.5, 0.6) is 23.1 Å². The smallest absolute Gasteiger partial charge is 0.268 e. The van der Waals surface area contributed by atoms with Gasteiger partial charge in [-0.1, -0.05) is 0 Å². The molecule has 2 aromatic carbocycles. The largest absolute Gasteiger partial charge is 0.491 e. The van der Waals surface area contributed by atoms with Gasteiger partial charge in [-0.25, -0.2) is 9.37 Å². The summed E-state index contributed by atoms with van der Waals surface area (Å²) in [5, 5.41) is 2.73. The third-order valence-corrected chi connectivity index (χ3v) is 6.89.